The molecule has 8 atom stereocenters. The Bertz CT molecular complexity index is 1650. The number of amides is 5. The highest BCUT2D eigenvalue weighted by atomic mass is 32.1. The van der Waals surface area contributed by atoms with E-state index in [0.29, 0.717) is 25.8 Å². The maximum atomic E-state index is 14.4. The first-order valence-electron chi connectivity index (χ1n) is 20.6. The molecule has 59 heavy (non-hydrogen) atoms. The lowest BCUT2D eigenvalue weighted by molar-refractivity contribution is -0.147. The molecular weight excluding hydrogens is 775 g/mol. The third-order valence-corrected chi connectivity index (χ3v) is 12.1. The number of ether oxygens (including phenoxy) is 3. The number of likely N-dealkylation sites (N-methyl/N-ethyl adjacent to an activating group) is 2. The number of benzene rings is 1. The van der Waals surface area contributed by atoms with Gasteiger partial charge in [-0.25, -0.2) is 9.78 Å². The maximum absolute atomic E-state index is 14.4. The Kier molecular flexibility index (Phi) is 18.8. The van der Waals surface area contributed by atoms with Crippen LogP contribution in [0.2, 0.25) is 0 Å². The van der Waals surface area contributed by atoms with E-state index >= 15 is 0 Å². The van der Waals surface area contributed by atoms with E-state index in [0.717, 1.165) is 17.0 Å². The minimum Gasteiger partial charge on any atom is -0.444 e. The Balaban J connectivity index is 1.82. The maximum Gasteiger partial charge on any atom is 0.407 e. The van der Waals surface area contributed by atoms with Crippen molar-refractivity contribution in [2.24, 2.45) is 11.8 Å². The van der Waals surface area contributed by atoms with Gasteiger partial charge in [0.15, 0.2) is 0 Å². The number of carbonyl (C=O) groups is 5. The van der Waals surface area contributed by atoms with Gasteiger partial charge in [0.2, 0.25) is 23.6 Å². The fourth-order valence-corrected chi connectivity index (χ4v) is 8.15. The molecule has 2 heterocycles. The van der Waals surface area contributed by atoms with Gasteiger partial charge in [0.05, 0.1) is 54.8 Å². The summed E-state index contributed by atoms with van der Waals surface area (Å²) in [4.78, 5) is 76.4. The van der Waals surface area contributed by atoms with Gasteiger partial charge >= 0.3 is 6.09 Å². The topological polar surface area (TPSA) is 181 Å². The fourth-order valence-electron chi connectivity index (χ4n) is 7.46. The van der Waals surface area contributed by atoms with Crippen molar-refractivity contribution in [3.63, 3.8) is 0 Å². The van der Waals surface area contributed by atoms with Gasteiger partial charge in [-0.3, -0.25) is 19.2 Å². The van der Waals surface area contributed by atoms with Crippen LogP contribution < -0.4 is 21.3 Å². The summed E-state index contributed by atoms with van der Waals surface area (Å²) in [5, 5.41) is 14.3. The molecule has 0 bridgehead atoms. The van der Waals surface area contributed by atoms with Crippen molar-refractivity contribution in [2.45, 2.75) is 135 Å². The van der Waals surface area contributed by atoms with Crippen LogP contribution in [0.4, 0.5) is 4.79 Å². The second-order valence-electron chi connectivity index (χ2n) is 17.0. The van der Waals surface area contributed by atoms with Crippen molar-refractivity contribution in [2.75, 3.05) is 41.4 Å². The number of carbonyl (C=O) groups excluding carboxylic acids is 5. The van der Waals surface area contributed by atoms with E-state index in [-0.39, 0.29) is 42.8 Å². The lowest BCUT2D eigenvalue weighted by Gasteiger charge is -2.40. The molecule has 15 nitrogen and oxygen atoms in total. The third kappa shape index (κ3) is 14.0. The van der Waals surface area contributed by atoms with Gasteiger partial charge in [0, 0.05) is 39.4 Å². The van der Waals surface area contributed by atoms with Gasteiger partial charge < -0.3 is 45.3 Å². The van der Waals surface area contributed by atoms with E-state index < -0.39 is 59.3 Å². The van der Waals surface area contributed by atoms with Crippen LogP contribution in [0.3, 0.4) is 0 Å². The van der Waals surface area contributed by atoms with Crippen molar-refractivity contribution in [3.8, 4) is 0 Å². The molecule has 5 amide bonds. The summed E-state index contributed by atoms with van der Waals surface area (Å²) in [6, 6.07) is 7.49. The molecule has 0 radical (unpaired) electrons. The Morgan fingerprint density at radius 1 is 1.02 bits per heavy atom. The molecule has 4 N–H and O–H groups in total. The average Bonchev–Trinajstić information content (AvgIpc) is 3.92. The van der Waals surface area contributed by atoms with Crippen molar-refractivity contribution >= 4 is 41.1 Å². The molecule has 330 valence electrons. The summed E-state index contributed by atoms with van der Waals surface area (Å²) in [6.45, 7) is 14.6. The van der Waals surface area contributed by atoms with Crippen LogP contribution >= 0.6 is 11.3 Å². The van der Waals surface area contributed by atoms with Crippen molar-refractivity contribution < 1.29 is 38.2 Å². The summed E-state index contributed by atoms with van der Waals surface area (Å²) in [6.07, 6.45) is 2.27. The van der Waals surface area contributed by atoms with Gasteiger partial charge in [-0.1, -0.05) is 57.5 Å². The summed E-state index contributed by atoms with van der Waals surface area (Å²) in [7, 11) is 6.36. The van der Waals surface area contributed by atoms with E-state index in [1.165, 1.54) is 23.3 Å². The molecule has 0 aliphatic carbocycles. The number of rotatable bonds is 21. The molecule has 1 aromatic heterocycles. The van der Waals surface area contributed by atoms with Gasteiger partial charge in [-0.15, -0.1) is 11.3 Å². The van der Waals surface area contributed by atoms with E-state index in [1.54, 1.807) is 66.9 Å². The number of aromatic nitrogens is 1. The Hall–Kier alpha value is -4.12. The number of alkyl carbamates (subject to hydrolysis) is 1. The monoisotopic (exact) mass is 843 g/mol. The van der Waals surface area contributed by atoms with Crippen molar-refractivity contribution in [1.29, 1.82) is 0 Å². The first kappa shape index (κ1) is 49.2. The zero-order valence-corrected chi connectivity index (χ0v) is 37.9. The standard InChI is InChI=1S/C43H69N7O8S/c1-13-27(2)35(49(10)39(53)31(48-40(54)43(7,8)44-9)26-46-41(55)58-42(4,5)6)33(56-11)25-34(51)50-22-17-20-32(50)36(57-12)28(3)37(52)47-30(38-45-21-23-59-38)24-29-18-15-14-16-19-29/h14-16,18-19,21,23,27-28,30-33,35-36,44H,13,17,20,22,24-26H2,1-12H3,(H,46,55)(H,47,52)(H,48,54)/t27-,28+,30-,31-,32-,33+,35-,36?/m0/s1. The van der Waals surface area contributed by atoms with E-state index in [4.69, 9.17) is 14.2 Å². The summed E-state index contributed by atoms with van der Waals surface area (Å²) >= 11 is 1.49. The minimum absolute atomic E-state index is 0.0419. The number of nitrogens with one attached hydrogen (secondary N) is 4. The molecule has 3 rings (SSSR count). The van der Waals surface area contributed by atoms with Crippen LogP contribution in [0.1, 0.15) is 97.7 Å². The summed E-state index contributed by atoms with van der Waals surface area (Å²) in [5.41, 5.74) is -0.716. The van der Waals surface area contributed by atoms with Gasteiger partial charge in [-0.05, 0) is 72.4 Å². The lowest BCUT2D eigenvalue weighted by Crippen LogP contribution is -2.62. The van der Waals surface area contributed by atoms with Crippen molar-refractivity contribution in [1.82, 2.24) is 36.1 Å². The first-order valence-corrected chi connectivity index (χ1v) is 21.5. The third-order valence-electron chi connectivity index (χ3n) is 11.3. The van der Waals surface area contributed by atoms with E-state index in [2.05, 4.69) is 26.3 Å². The normalized spacial score (nSPS) is 18.1. The molecule has 1 aromatic carbocycles. The highest BCUT2D eigenvalue weighted by molar-refractivity contribution is 7.09. The number of thiazole rings is 1. The average molecular weight is 844 g/mol. The molecule has 1 aliphatic heterocycles. The Morgan fingerprint density at radius 3 is 2.25 bits per heavy atom. The van der Waals surface area contributed by atoms with Crippen molar-refractivity contribution in [3.05, 3.63) is 52.5 Å². The molecule has 16 heteroatoms. The molecule has 0 spiro atoms. The first-order chi connectivity index (χ1) is 27.8. The Morgan fingerprint density at radius 2 is 1.69 bits per heavy atom. The van der Waals surface area contributed by atoms with Crippen LogP contribution in [0.5, 0.6) is 0 Å². The fraction of sp³-hybridized carbons (Fsp3) is 0.674. The number of nitrogens with zero attached hydrogens (tertiary/aromatic N) is 3. The lowest BCUT2D eigenvalue weighted by atomic mass is 9.90. The SMILES string of the molecule is CC[C@H](C)[C@@H]([C@@H](CC(=O)N1CCC[C@H]1C(OC)[C@@H](C)C(=O)N[C@@H](Cc1ccccc1)c1nccs1)OC)N(C)C(=O)[C@H](CNC(=O)OC(C)(C)C)NC(=O)C(C)(C)NC. The summed E-state index contributed by atoms with van der Waals surface area (Å²) < 4.78 is 17.4. The Labute approximate surface area is 355 Å². The zero-order valence-electron chi connectivity index (χ0n) is 37.1. The van der Waals surface area contributed by atoms with E-state index in [1.807, 2.05) is 56.5 Å². The number of hydrogen-bond donors (Lipinski definition) is 4. The second-order valence-corrected chi connectivity index (χ2v) is 17.9. The molecule has 1 fully saturated rings. The summed E-state index contributed by atoms with van der Waals surface area (Å²) in [5.74, 6) is -2.01. The predicted molar refractivity (Wildman–Crippen MR) is 229 cm³/mol. The molecule has 2 aromatic rings. The molecule has 1 saturated heterocycles. The predicted octanol–water partition coefficient (Wildman–Crippen LogP) is 4.47. The van der Waals surface area contributed by atoms with Crippen LogP contribution in [-0.4, -0.2) is 127 Å². The van der Waals surface area contributed by atoms with Gasteiger partial charge in [0.25, 0.3) is 0 Å². The molecule has 0 saturated carbocycles. The zero-order chi connectivity index (χ0) is 44.1. The van der Waals surface area contributed by atoms with Gasteiger partial charge in [-0.2, -0.15) is 0 Å². The smallest absolute Gasteiger partial charge is 0.407 e. The number of methoxy groups -OCH3 is 2. The van der Waals surface area contributed by atoms with Crippen LogP contribution in [-0.2, 0) is 39.8 Å². The molecule has 1 aliphatic rings. The largest absolute Gasteiger partial charge is 0.444 e. The van der Waals surface area contributed by atoms with Crippen LogP contribution in [0.15, 0.2) is 41.9 Å². The quantitative estimate of drug-likeness (QED) is 0.140. The van der Waals surface area contributed by atoms with Crippen LogP contribution in [0, 0.1) is 11.8 Å². The van der Waals surface area contributed by atoms with Gasteiger partial charge in [0.1, 0.15) is 16.7 Å². The second kappa shape index (κ2) is 22.5. The molecule has 1 unspecified atom stereocenters. The highest BCUT2D eigenvalue weighted by Gasteiger charge is 2.43. The van der Waals surface area contributed by atoms with Crippen LogP contribution in [0.25, 0.3) is 0 Å². The number of hydrogen-bond acceptors (Lipinski definition) is 11. The van der Waals surface area contributed by atoms with E-state index in [9.17, 15) is 24.0 Å². The minimum atomic E-state index is -1.16. The highest BCUT2D eigenvalue weighted by Crippen LogP contribution is 2.30. The molecular formula is C43H69N7O8S. The number of likely N-dealkylation sites (tertiary alicyclic amines) is 1.